The molecule has 0 heterocycles. The zero-order valence-electron chi connectivity index (χ0n) is 11.0. The molecule has 0 aromatic heterocycles. The van der Waals surface area contributed by atoms with Gasteiger partial charge in [0.2, 0.25) is 0 Å². The fraction of sp³-hybridized carbons (Fsp3) is 0.364. The molecule has 0 aliphatic rings. The van der Waals surface area contributed by atoms with Gasteiger partial charge in [-0.15, -0.1) is 0 Å². The van der Waals surface area contributed by atoms with Gasteiger partial charge in [0.15, 0.2) is 0 Å². The minimum atomic E-state index is -2.33. The predicted octanol–water partition coefficient (Wildman–Crippen LogP) is -6.33. The topological polar surface area (TPSA) is 83.4 Å². The molecule has 17 heavy (non-hydrogen) atoms. The summed E-state index contributed by atoms with van der Waals surface area (Å²) in [7, 11) is 0. The maximum atomic E-state index is 8.93. The number of hydrogen-bond donors (Lipinski definition) is 1. The second-order valence-corrected chi connectivity index (χ2v) is 3.20. The number of aliphatic hydroxyl groups is 1. The van der Waals surface area contributed by atoms with Gasteiger partial charge in [-0.3, -0.25) is 0 Å². The summed E-state index contributed by atoms with van der Waals surface area (Å²) in [6.45, 7) is 6.37. The van der Waals surface area contributed by atoms with Gasteiger partial charge in [-0.1, -0.05) is 12.1 Å². The number of hydrogen-bond acceptors (Lipinski definition) is 4. The smallest absolute Gasteiger partial charge is 0.652 e. The predicted molar refractivity (Wildman–Crippen MR) is 52.0 cm³/mol. The zero-order valence-corrected chi connectivity index (χ0v) is 17.3. The van der Waals surface area contributed by atoms with Crippen LogP contribution in [0.3, 0.4) is 0 Å². The summed E-state index contributed by atoms with van der Waals surface area (Å²) < 4.78 is 0. The number of carboxylic acid groups (broad SMARTS) is 2. The molecule has 84 valence electrons. The van der Waals surface area contributed by atoms with E-state index < -0.39 is 6.16 Å². The Kier molecular flexibility index (Phi) is 17.8. The van der Waals surface area contributed by atoms with Crippen molar-refractivity contribution in [2.24, 2.45) is 0 Å². The van der Waals surface area contributed by atoms with Gasteiger partial charge in [-0.2, -0.15) is 0 Å². The first-order valence-corrected chi connectivity index (χ1v) is 4.44. The van der Waals surface area contributed by atoms with Gasteiger partial charge < -0.3 is 20.1 Å². The Balaban J connectivity index is -0.000000289. The summed E-state index contributed by atoms with van der Waals surface area (Å²) in [5, 5.41) is 25.6. The number of carbonyl (C=O) groups is 1. The molecule has 0 saturated carbocycles. The second kappa shape index (κ2) is 12.7. The van der Waals surface area contributed by atoms with Gasteiger partial charge in [-0.25, -0.2) is 0 Å². The normalized spacial score (nSPS) is 8.00. The van der Waals surface area contributed by atoms with E-state index in [0.717, 1.165) is 5.56 Å². The van der Waals surface area contributed by atoms with E-state index in [0.29, 0.717) is 0 Å². The third-order valence-corrected chi connectivity index (χ3v) is 2.34. The van der Waals surface area contributed by atoms with E-state index in [4.69, 9.17) is 20.1 Å². The van der Waals surface area contributed by atoms with Crippen LogP contribution in [-0.2, 0) is 6.61 Å². The van der Waals surface area contributed by atoms with Crippen LogP contribution in [0.2, 0.25) is 0 Å². The molecule has 0 atom stereocenters. The third-order valence-electron chi connectivity index (χ3n) is 2.34. The van der Waals surface area contributed by atoms with Crippen molar-refractivity contribution < 1.29 is 123 Å². The Bertz CT molecular complexity index is 350. The fourth-order valence-corrected chi connectivity index (χ4v) is 1.18. The van der Waals surface area contributed by atoms with Crippen molar-refractivity contribution in [3.63, 3.8) is 0 Å². The average Bonchev–Trinajstić information content (AvgIpc) is 2.14. The molecular weight excluding hydrogens is 274 g/mol. The van der Waals surface area contributed by atoms with Crippen LogP contribution in [0.25, 0.3) is 0 Å². The fourth-order valence-electron chi connectivity index (χ4n) is 1.18. The molecule has 0 bridgehead atoms. The maximum absolute atomic E-state index is 8.93. The summed E-state index contributed by atoms with van der Waals surface area (Å²) in [5.41, 5.74) is 4.83. The van der Waals surface area contributed by atoms with Crippen molar-refractivity contribution in [3.05, 3.63) is 34.4 Å². The van der Waals surface area contributed by atoms with E-state index in [1.807, 2.05) is 19.1 Å². The van der Waals surface area contributed by atoms with Gasteiger partial charge in [-0.05, 0) is 49.2 Å². The molecule has 1 N–H and O–H groups in total. The first-order valence-electron chi connectivity index (χ1n) is 4.44. The Morgan fingerprint density at radius 3 is 1.88 bits per heavy atom. The molecule has 1 aromatic carbocycles. The summed E-state index contributed by atoms with van der Waals surface area (Å²) in [5.74, 6) is 0. The molecule has 0 spiro atoms. The van der Waals surface area contributed by atoms with Crippen LogP contribution in [-0.4, -0.2) is 11.3 Å². The van der Waals surface area contributed by atoms with Crippen molar-refractivity contribution in [2.45, 2.75) is 27.4 Å². The van der Waals surface area contributed by atoms with E-state index in [1.54, 1.807) is 0 Å². The molecular formula is C11H14K2O4. The van der Waals surface area contributed by atoms with Gasteiger partial charge in [0, 0.05) is 0 Å². The van der Waals surface area contributed by atoms with Crippen LogP contribution >= 0.6 is 0 Å². The Labute approximate surface area is 187 Å². The molecule has 0 aliphatic carbocycles. The van der Waals surface area contributed by atoms with Gasteiger partial charge in [0.25, 0.3) is 0 Å². The van der Waals surface area contributed by atoms with Crippen LogP contribution in [0, 0.1) is 20.8 Å². The van der Waals surface area contributed by atoms with Crippen LogP contribution in [0.1, 0.15) is 22.3 Å². The van der Waals surface area contributed by atoms with Crippen molar-refractivity contribution in [3.8, 4) is 0 Å². The standard InChI is InChI=1S/C10H14O.CH2O3.2K/c1-7-4-5-10(6-11)9(3)8(7)2;2-1(3)4;;/h4-5,11H,6H2,1-3H3;(H2,2,3,4);;/q;;2*+1/p-2. The van der Waals surface area contributed by atoms with Crippen LogP contribution < -0.4 is 113 Å². The van der Waals surface area contributed by atoms with Crippen molar-refractivity contribution in [1.29, 1.82) is 0 Å². The zero-order chi connectivity index (χ0) is 12.0. The van der Waals surface area contributed by atoms with Crippen LogP contribution in [0.5, 0.6) is 0 Å². The summed E-state index contributed by atoms with van der Waals surface area (Å²) in [6, 6.07) is 4.03. The molecule has 0 fully saturated rings. The average molecular weight is 288 g/mol. The maximum Gasteiger partial charge on any atom is 1.00 e. The SMILES string of the molecule is Cc1ccc(CO)c(C)c1C.O=C([O-])[O-].[K+].[K+]. The first-order chi connectivity index (χ1) is 6.90. The second-order valence-electron chi connectivity index (χ2n) is 3.20. The molecule has 6 heteroatoms. The number of aryl methyl sites for hydroxylation is 1. The molecule has 0 saturated heterocycles. The van der Waals surface area contributed by atoms with Gasteiger partial charge in [0.05, 0.1) is 6.61 Å². The van der Waals surface area contributed by atoms with Crippen molar-refractivity contribution in [2.75, 3.05) is 0 Å². The molecule has 1 aromatic rings. The van der Waals surface area contributed by atoms with E-state index in [2.05, 4.69) is 13.8 Å². The number of benzene rings is 1. The Morgan fingerprint density at radius 2 is 1.53 bits per heavy atom. The van der Waals surface area contributed by atoms with E-state index in [-0.39, 0.29) is 109 Å². The van der Waals surface area contributed by atoms with Gasteiger partial charge >= 0.3 is 103 Å². The molecule has 4 nitrogen and oxygen atoms in total. The minimum absolute atomic E-state index is 0. The molecule has 0 amide bonds. The van der Waals surface area contributed by atoms with Gasteiger partial charge in [0.1, 0.15) is 0 Å². The largest absolute Gasteiger partial charge is 1.00 e. The Morgan fingerprint density at radius 1 is 1.12 bits per heavy atom. The third kappa shape index (κ3) is 10.2. The molecule has 1 rings (SSSR count). The number of rotatable bonds is 1. The first kappa shape index (κ1) is 23.8. The van der Waals surface area contributed by atoms with E-state index in [9.17, 15) is 0 Å². The van der Waals surface area contributed by atoms with Crippen molar-refractivity contribution >= 4 is 6.16 Å². The molecule has 0 unspecified atom stereocenters. The number of aliphatic hydroxyl groups excluding tert-OH is 1. The molecule has 0 aliphatic heterocycles. The molecule has 0 radical (unpaired) electrons. The number of carbonyl (C=O) groups excluding carboxylic acids is 1. The van der Waals surface area contributed by atoms with E-state index >= 15 is 0 Å². The van der Waals surface area contributed by atoms with E-state index in [1.165, 1.54) is 16.7 Å². The monoisotopic (exact) mass is 288 g/mol. The van der Waals surface area contributed by atoms with Crippen molar-refractivity contribution in [1.82, 2.24) is 0 Å². The van der Waals surface area contributed by atoms with Crippen LogP contribution in [0.15, 0.2) is 12.1 Å². The minimum Gasteiger partial charge on any atom is -0.652 e. The summed E-state index contributed by atoms with van der Waals surface area (Å²) in [6.07, 6.45) is -2.33. The Hall–Kier alpha value is 1.72. The van der Waals surface area contributed by atoms with Crippen LogP contribution in [0.4, 0.5) is 4.79 Å². The summed E-state index contributed by atoms with van der Waals surface area (Å²) in [4.78, 5) is 8.33. The summed E-state index contributed by atoms with van der Waals surface area (Å²) >= 11 is 0. The quantitative estimate of drug-likeness (QED) is 0.521.